The molecular formula is C17H17ClN2O5S. The van der Waals surface area contributed by atoms with Crippen molar-refractivity contribution in [3.05, 3.63) is 47.0 Å². The van der Waals surface area contributed by atoms with Gasteiger partial charge in [-0.1, -0.05) is 29.3 Å². The van der Waals surface area contributed by atoms with Crippen LogP contribution in [0.15, 0.2) is 41.3 Å². The van der Waals surface area contributed by atoms with Crippen molar-refractivity contribution >= 4 is 33.2 Å². The number of carbonyl (C=O) groups excluding carboxylic acids is 1. The summed E-state index contributed by atoms with van der Waals surface area (Å²) in [7, 11) is -3.85. The molecule has 0 saturated carbocycles. The van der Waals surface area contributed by atoms with Gasteiger partial charge in [-0.15, -0.1) is 0 Å². The van der Waals surface area contributed by atoms with Gasteiger partial charge in [-0.3, -0.25) is 4.79 Å². The summed E-state index contributed by atoms with van der Waals surface area (Å²) in [6, 6.07) is 10.1. The Kier molecular flexibility index (Phi) is 5.36. The van der Waals surface area contributed by atoms with Crippen LogP contribution in [0.1, 0.15) is 5.56 Å². The molecule has 0 aliphatic carbocycles. The molecule has 0 bridgehead atoms. The van der Waals surface area contributed by atoms with Gasteiger partial charge in [0.25, 0.3) is 5.91 Å². The Morgan fingerprint density at radius 1 is 1.27 bits per heavy atom. The Hall–Kier alpha value is -2.29. The first-order valence-electron chi connectivity index (χ1n) is 7.80. The molecule has 3 rings (SSSR count). The van der Waals surface area contributed by atoms with Crippen LogP contribution in [-0.4, -0.2) is 34.1 Å². The molecule has 7 nitrogen and oxygen atoms in total. The normalized spacial score (nSPS) is 13.5. The van der Waals surface area contributed by atoms with E-state index >= 15 is 0 Å². The molecule has 1 amide bonds. The third kappa shape index (κ3) is 4.27. The summed E-state index contributed by atoms with van der Waals surface area (Å²) >= 11 is 6.06. The number of benzene rings is 2. The van der Waals surface area contributed by atoms with Crippen molar-refractivity contribution in [1.29, 1.82) is 0 Å². The number of rotatable bonds is 6. The first kappa shape index (κ1) is 18.5. The van der Waals surface area contributed by atoms with E-state index in [1.807, 2.05) is 31.2 Å². The highest BCUT2D eigenvalue weighted by Gasteiger charge is 2.24. The number of fused-ring (bicyclic) bond motifs is 1. The largest absolute Gasteiger partial charge is 0.492 e. The van der Waals surface area contributed by atoms with E-state index in [1.54, 1.807) is 0 Å². The second-order valence-corrected chi connectivity index (χ2v) is 7.82. The zero-order valence-corrected chi connectivity index (χ0v) is 15.5. The van der Waals surface area contributed by atoms with Gasteiger partial charge in [0.1, 0.15) is 23.0 Å². The summed E-state index contributed by atoms with van der Waals surface area (Å²) in [6.45, 7) is 2.03. The third-order valence-corrected chi connectivity index (χ3v) is 5.57. The van der Waals surface area contributed by atoms with Gasteiger partial charge >= 0.3 is 0 Å². The summed E-state index contributed by atoms with van der Waals surface area (Å²) in [5.41, 5.74) is 1.45. The lowest BCUT2D eigenvalue weighted by Crippen LogP contribution is -2.29. The number of nitrogens with one attached hydrogen (secondary N) is 2. The maximum absolute atomic E-state index is 12.5. The van der Waals surface area contributed by atoms with Gasteiger partial charge in [-0.05, 0) is 25.1 Å². The van der Waals surface area contributed by atoms with Crippen LogP contribution in [0.25, 0.3) is 0 Å². The van der Waals surface area contributed by atoms with E-state index in [1.165, 1.54) is 12.1 Å². The predicted molar refractivity (Wildman–Crippen MR) is 97.4 cm³/mol. The molecule has 0 spiro atoms. The average molecular weight is 397 g/mol. The maximum atomic E-state index is 12.5. The van der Waals surface area contributed by atoms with E-state index in [0.717, 1.165) is 5.56 Å². The van der Waals surface area contributed by atoms with Crippen molar-refractivity contribution in [3.63, 3.8) is 0 Å². The van der Waals surface area contributed by atoms with E-state index in [0.29, 0.717) is 11.4 Å². The fraction of sp³-hybridized carbons (Fsp3) is 0.235. The van der Waals surface area contributed by atoms with Crippen LogP contribution in [0.5, 0.6) is 11.5 Å². The summed E-state index contributed by atoms with van der Waals surface area (Å²) < 4.78 is 38.1. The lowest BCUT2D eigenvalue weighted by molar-refractivity contribution is -0.118. The Morgan fingerprint density at radius 3 is 2.73 bits per heavy atom. The highest BCUT2D eigenvalue weighted by Crippen LogP contribution is 2.35. The topological polar surface area (TPSA) is 93.7 Å². The van der Waals surface area contributed by atoms with E-state index in [9.17, 15) is 13.2 Å². The summed E-state index contributed by atoms with van der Waals surface area (Å²) in [6.07, 6.45) is 0. The lowest BCUT2D eigenvalue weighted by Gasteiger charge is -2.19. The van der Waals surface area contributed by atoms with Crippen LogP contribution in [0.2, 0.25) is 5.02 Å². The molecule has 0 atom stereocenters. The Labute approximate surface area is 156 Å². The van der Waals surface area contributed by atoms with Gasteiger partial charge in [0.05, 0.1) is 10.7 Å². The molecule has 0 unspecified atom stereocenters. The smallest absolute Gasteiger partial charge is 0.262 e. The van der Waals surface area contributed by atoms with Gasteiger partial charge in [0.15, 0.2) is 6.61 Å². The van der Waals surface area contributed by atoms with Crippen molar-refractivity contribution in [3.8, 4) is 11.5 Å². The van der Waals surface area contributed by atoms with Crippen molar-refractivity contribution in [2.24, 2.45) is 0 Å². The molecule has 138 valence electrons. The van der Waals surface area contributed by atoms with Crippen LogP contribution in [0.4, 0.5) is 5.69 Å². The molecule has 1 aliphatic rings. The highest BCUT2D eigenvalue weighted by molar-refractivity contribution is 7.89. The number of anilines is 1. The maximum Gasteiger partial charge on any atom is 0.262 e. The number of amides is 1. The molecular weight excluding hydrogens is 380 g/mol. The SMILES string of the molecule is Cc1ccc(OCCNS(=O)(=O)c2cc3c(cc2Cl)NC(=O)CO3)cc1. The second kappa shape index (κ2) is 7.53. The first-order chi connectivity index (χ1) is 12.3. The molecule has 1 heterocycles. The minimum atomic E-state index is -3.85. The van der Waals surface area contributed by atoms with Gasteiger partial charge in [0.2, 0.25) is 10.0 Å². The molecule has 2 aromatic rings. The second-order valence-electron chi connectivity index (χ2n) is 5.67. The predicted octanol–water partition coefficient (Wildman–Crippen LogP) is 2.34. The molecule has 9 heteroatoms. The standard InChI is InChI=1S/C17H17ClN2O5S/c1-11-2-4-12(5-3-11)24-7-6-19-26(22,23)16-9-15-14(8-13(16)18)20-17(21)10-25-15/h2-5,8-9,19H,6-7,10H2,1H3,(H,20,21). The van der Waals surface area contributed by atoms with Gasteiger partial charge in [0, 0.05) is 12.6 Å². The summed E-state index contributed by atoms with van der Waals surface area (Å²) in [5, 5.41) is 2.56. The monoisotopic (exact) mass is 396 g/mol. The first-order valence-corrected chi connectivity index (χ1v) is 9.66. The number of halogens is 1. The van der Waals surface area contributed by atoms with Crippen LogP contribution in [0, 0.1) is 6.92 Å². The molecule has 0 fully saturated rings. The summed E-state index contributed by atoms with van der Waals surface area (Å²) in [4.78, 5) is 11.2. The van der Waals surface area contributed by atoms with Crippen molar-refractivity contribution in [2.75, 3.05) is 25.1 Å². The number of carbonyl (C=O) groups is 1. The van der Waals surface area contributed by atoms with E-state index < -0.39 is 10.0 Å². The molecule has 0 saturated heterocycles. The number of aryl methyl sites for hydroxylation is 1. The minimum absolute atomic E-state index is 0.0125. The Morgan fingerprint density at radius 2 is 2.00 bits per heavy atom. The van der Waals surface area contributed by atoms with Crippen molar-refractivity contribution in [1.82, 2.24) is 4.72 Å². The molecule has 26 heavy (non-hydrogen) atoms. The zero-order chi connectivity index (χ0) is 18.7. The number of sulfonamides is 1. The molecule has 0 aromatic heterocycles. The highest BCUT2D eigenvalue weighted by atomic mass is 35.5. The van der Waals surface area contributed by atoms with Crippen LogP contribution >= 0.6 is 11.6 Å². The molecule has 2 N–H and O–H groups in total. The van der Waals surface area contributed by atoms with E-state index in [-0.39, 0.29) is 41.3 Å². The molecule has 0 radical (unpaired) electrons. The number of hydrogen-bond donors (Lipinski definition) is 2. The molecule has 1 aliphatic heterocycles. The van der Waals surface area contributed by atoms with Crippen LogP contribution < -0.4 is 19.5 Å². The zero-order valence-electron chi connectivity index (χ0n) is 13.9. The van der Waals surface area contributed by atoms with E-state index in [2.05, 4.69) is 10.0 Å². The van der Waals surface area contributed by atoms with Gasteiger partial charge in [-0.2, -0.15) is 0 Å². The third-order valence-electron chi connectivity index (χ3n) is 3.64. The number of hydrogen-bond acceptors (Lipinski definition) is 5. The van der Waals surface area contributed by atoms with Gasteiger partial charge in [-0.25, -0.2) is 13.1 Å². The lowest BCUT2D eigenvalue weighted by atomic mass is 10.2. The Bertz CT molecular complexity index is 929. The van der Waals surface area contributed by atoms with E-state index in [4.69, 9.17) is 21.1 Å². The quantitative estimate of drug-likeness (QED) is 0.731. The van der Waals surface area contributed by atoms with Crippen molar-refractivity contribution < 1.29 is 22.7 Å². The van der Waals surface area contributed by atoms with Crippen LogP contribution in [-0.2, 0) is 14.8 Å². The van der Waals surface area contributed by atoms with Crippen molar-refractivity contribution in [2.45, 2.75) is 11.8 Å². The fourth-order valence-electron chi connectivity index (χ4n) is 2.34. The average Bonchev–Trinajstić information content (AvgIpc) is 2.59. The minimum Gasteiger partial charge on any atom is -0.492 e. The summed E-state index contributed by atoms with van der Waals surface area (Å²) in [5.74, 6) is 0.589. The fourth-order valence-corrected chi connectivity index (χ4v) is 3.90. The van der Waals surface area contributed by atoms with Crippen LogP contribution in [0.3, 0.4) is 0 Å². The van der Waals surface area contributed by atoms with Gasteiger partial charge < -0.3 is 14.8 Å². The molecule has 2 aromatic carbocycles. The Balaban J connectivity index is 1.64. The number of ether oxygens (including phenoxy) is 2.